The van der Waals surface area contributed by atoms with Crippen molar-refractivity contribution in [2.24, 2.45) is 5.92 Å². The van der Waals surface area contributed by atoms with Crippen LogP contribution in [0, 0.1) is 5.92 Å². The molecule has 0 saturated heterocycles. The minimum atomic E-state index is 1.15. The summed E-state index contributed by atoms with van der Waals surface area (Å²) in [6, 6.07) is 0. The monoisotopic (exact) mass is 82.1 g/mol. The maximum atomic E-state index is 2.26. The quantitative estimate of drug-likeness (QED) is 0.440. The zero-order valence-corrected chi connectivity index (χ0v) is 4.41. The summed E-state index contributed by atoms with van der Waals surface area (Å²) < 4.78 is 0. The molecular formula is C5H11B. The molecule has 1 aliphatic carbocycles. The summed E-state index contributed by atoms with van der Waals surface area (Å²) in [7, 11) is 1.39. The van der Waals surface area contributed by atoms with E-state index in [4.69, 9.17) is 0 Å². The van der Waals surface area contributed by atoms with Gasteiger partial charge in [-0.2, -0.15) is 0 Å². The summed E-state index contributed by atoms with van der Waals surface area (Å²) >= 11 is 0. The summed E-state index contributed by atoms with van der Waals surface area (Å²) in [6.07, 6.45) is 4.53. The molecule has 0 bridgehead atoms. The first kappa shape index (κ1) is 4.23. The molecule has 0 spiro atoms. The molecule has 34 valence electrons. The second kappa shape index (κ2) is 1.68. The van der Waals surface area contributed by atoms with Crippen molar-refractivity contribution in [2.45, 2.75) is 26.0 Å². The van der Waals surface area contributed by atoms with E-state index in [1.165, 1.54) is 26.4 Å². The van der Waals surface area contributed by atoms with Gasteiger partial charge in [-0.3, -0.25) is 0 Å². The highest BCUT2D eigenvalue weighted by Gasteiger charge is 2.18. The predicted octanol–water partition coefficient (Wildman–Crippen LogP) is 1.30. The van der Waals surface area contributed by atoms with Crippen LogP contribution < -0.4 is 0 Å². The molecule has 0 radical (unpaired) electrons. The van der Waals surface area contributed by atoms with Crippen molar-refractivity contribution in [3.8, 4) is 0 Å². The normalized spacial score (nSPS) is 20.8. The Morgan fingerprint density at radius 3 is 2.50 bits per heavy atom. The minimum Gasteiger partial charge on any atom is -0.0893 e. The molecule has 1 heteroatoms. The fraction of sp³-hybridized carbons (Fsp3) is 1.00. The lowest BCUT2D eigenvalue weighted by Crippen LogP contribution is -1.79. The zero-order valence-electron chi connectivity index (χ0n) is 4.41. The van der Waals surface area contributed by atoms with Gasteiger partial charge in [0.15, 0.2) is 0 Å². The number of hydrogen-bond acceptors (Lipinski definition) is 0. The topological polar surface area (TPSA) is 0 Å². The van der Waals surface area contributed by atoms with Gasteiger partial charge in [-0.1, -0.05) is 26.0 Å². The van der Waals surface area contributed by atoms with Crippen LogP contribution in [0.1, 0.15) is 12.8 Å². The molecule has 1 fully saturated rings. The Balaban J connectivity index is 1.88. The van der Waals surface area contributed by atoms with Gasteiger partial charge in [-0.25, -0.2) is 0 Å². The molecule has 0 amide bonds. The minimum absolute atomic E-state index is 1.15. The molecular weight excluding hydrogens is 70.9 g/mol. The maximum Gasteiger partial charge on any atom is 0.117 e. The van der Waals surface area contributed by atoms with Crippen molar-refractivity contribution in [3.05, 3.63) is 0 Å². The molecule has 0 atom stereocenters. The van der Waals surface area contributed by atoms with E-state index in [2.05, 4.69) is 6.82 Å². The molecule has 0 unspecified atom stereocenters. The number of hydrogen-bond donors (Lipinski definition) is 0. The third-order valence-corrected chi connectivity index (χ3v) is 1.39. The smallest absolute Gasteiger partial charge is 0.0893 e. The molecule has 0 aromatic rings. The lowest BCUT2D eigenvalue weighted by atomic mass is 9.76. The van der Waals surface area contributed by atoms with Crippen LogP contribution in [0.2, 0.25) is 13.1 Å². The molecule has 0 N–H and O–H groups in total. The van der Waals surface area contributed by atoms with Gasteiger partial charge in [0.05, 0.1) is 0 Å². The third kappa shape index (κ3) is 1.04. The summed E-state index contributed by atoms with van der Waals surface area (Å²) in [4.78, 5) is 0. The molecule has 0 aromatic heterocycles. The van der Waals surface area contributed by atoms with Crippen molar-refractivity contribution in [2.75, 3.05) is 0 Å². The predicted molar refractivity (Wildman–Crippen MR) is 30.5 cm³/mol. The molecule has 1 aliphatic rings. The first-order chi connectivity index (χ1) is 2.93. The Bertz CT molecular complexity index is 39.2. The Kier molecular flexibility index (Phi) is 1.18. The molecule has 0 aromatic carbocycles. The van der Waals surface area contributed by atoms with Crippen molar-refractivity contribution in [1.82, 2.24) is 0 Å². The van der Waals surface area contributed by atoms with Crippen LogP contribution in [-0.4, -0.2) is 7.28 Å². The standard InChI is InChI=1S/C5H11B/c1-6-4-5-2-3-5/h5-6H,2-4H2,1H3. The lowest BCUT2D eigenvalue weighted by molar-refractivity contribution is 0.971. The Hall–Kier alpha value is 0.0649. The van der Waals surface area contributed by atoms with E-state index in [0.717, 1.165) is 5.92 Å². The number of rotatable bonds is 2. The van der Waals surface area contributed by atoms with Crippen LogP contribution >= 0.6 is 0 Å². The first-order valence-corrected chi connectivity index (χ1v) is 2.93. The van der Waals surface area contributed by atoms with Crippen molar-refractivity contribution >= 4 is 7.28 Å². The van der Waals surface area contributed by atoms with E-state index >= 15 is 0 Å². The molecule has 1 saturated carbocycles. The molecule has 0 heterocycles. The molecule has 6 heavy (non-hydrogen) atoms. The van der Waals surface area contributed by atoms with Crippen LogP contribution in [0.3, 0.4) is 0 Å². The van der Waals surface area contributed by atoms with Crippen molar-refractivity contribution in [1.29, 1.82) is 0 Å². The van der Waals surface area contributed by atoms with Gasteiger partial charge in [0.25, 0.3) is 0 Å². The van der Waals surface area contributed by atoms with E-state index in [9.17, 15) is 0 Å². The van der Waals surface area contributed by atoms with Crippen LogP contribution in [-0.2, 0) is 0 Å². The third-order valence-electron chi connectivity index (χ3n) is 1.39. The van der Waals surface area contributed by atoms with Gasteiger partial charge in [-0.05, 0) is 5.92 Å². The maximum absolute atomic E-state index is 2.26. The van der Waals surface area contributed by atoms with Gasteiger partial charge in [-0.15, -0.1) is 0 Å². The molecule has 0 aliphatic heterocycles. The van der Waals surface area contributed by atoms with Gasteiger partial charge >= 0.3 is 0 Å². The second-order valence-corrected chi connectivity index (χ2v) is 2.23. The van der Waals surface area contributed by atoms with E-state index in [1.807, 2.05) is 0 Å². The Morgan fingerprint density at radius 1 is 1.67 bits per heavy atom. The second-order valence-electron chi connectivity index (χ2n) is 2.23. The molecule has 1 rings (SSSR count). The lowest BCUT2D eigenvalue weighted by Gasteiger charge is -1.80. The van der Waals surface area contributed by atoms with Crippen molar-refractivity contribution in [3.63, 3.8) is 0 Å². The fourth-order valence-electron chi connectivity index (χ4n) is 0.815. The summed E-state index contributed by atoms with van der Waals surface area (Å²) in [5.74, 6) is 1.15. The van der Waals surface area contributed by atoms with E-state index in [-0.39, 0.29) is 0 Å². The van der Waals surface area contributed by atoms with Crippen LogP contribution in [0.25, 0.3) is 0 Å². The highest BCUT2D eigenvalue weighted by Crippen LogP contribution is 2.32. The van der Waals surface area contributed by atoms with Crippen LogP contribution in [0.4, 0.5) is 0 Å². The van der Waals surface area contributed by atoms with Gasteiger partial charge in [0.1, 0.15) is 7.28 Å². The summed E-state index contributed by atoms with van der Waals surface area (Å²) in [5.41, 5.74) is 0. The van der Waals surface area contributed by atoms with Gasteiger partial charge < -0.3 is 0 Å². The fourth-order valence-corrected chi connectivity index (χ4v) is 0.815. The highest BCUT2D eigenvalue weighted by atomic mass is 14.2. The average molecular weight is 82.0 g/mol. The van der Waals surface area contributed by atoms with Gasteiger partial charge in [0.2, 0.25) is 0 Å². The SMILES string of the molecule is CBCC1CC1. The first-order valence-electron chi connectivity index (χ1n) is 2.93. The summed E-state index contributed by atoms with van der Waals surface area (Å²) in [6.45, 7) is 2.26. The zero-order chi connectivity index (χ0) is 4.41. The van der Waals surface area contributed by atoms with E-state index in [1.54, 1.807) is 0 Å². The van der Waals surface area contributed by atoms with E-state index < -0.39 is 0 Å². The van der Waals surface area contributed by atoms with Gasteiger partial charge in [0, 0.05) is 0 Å². The molecule has 0 nitrogen and oxygen atoms in total. The highest BCUT2D eigenvalue weighted by molar-refractivity contribution is 6.33. The van der Waals surface area contributed by atoms with Crippen LogP contribution in [0.5, 0.6) is 0 Å². The van der Waals surface area contributed by atoms with E-state index in [0.29, 0.717) is 0 Å². The van der Waals surface area contributed by atoms with Crippen LogP contribution in [0.15, 0.2) is 0 Å². The average Bonchev–Trinajstić information content (AvgIpc) is 2.21. The summed E-state index contributed by atoms with van der Waals surface area (Å²) in [5, 5.41) is 0. The Labute approximate surface area is 40.2 Å². The Morgan fingerprint density at radius 2 is 2.33 bits per heavy atom. The largest absolute Gasteiger partial charge is 0.117 e. The van der Waals surface area contributed by atoms with Crippen molar-refractivity contribution < 1.29 is 0 Å².